The van der Waals surface area contributed by atoms with E-state index in [4.69, 9.17) is 9.90 Å². The van der Waals surface area contributed by atoms with Crippen molar-refractivity contribution in [3.05, 3.63) is 33.7 Å². The number of hydrogen-bond donors (Lipinski definition) is 3. The molecular weight excluding hydrogens is 300 g/mol. The van der Waals surface area contributed by atoms with Gasteiger partial charge in [-0.05, 0) is 50.7 Å². The number of pyridine rings is 1. The van der Waals surface area contributed by atoms with Crippen molar-refractivity contribution < 1.29 is 19.8 Å². The molecule has 0 radical (unpaired) electrons. The van der Waals surface area contributed by atoms with Gasteiger partial charge in [0.1, 0.15) is 5.56 Å². The van der Waals surface area contributed by atoms with Gasteiger partial charge >= 0.3 is 0 Å². The third-order valence-corrected chi connectivity index (χ3v) is 4.61. The van der Waals surface area contributed by atoms with Gasteiger partial charge in [0.05, 0.1) is 0 Å². The lowest BCUT2D eigenvalue weighted by molar-refractivity contribution is -0.122. The molecule has 7 heteroatoms. The zero-order valence-corrected chi connectivity index (χ0v) is 13.1. The highest BCUT2D eigenvalue weighted by Crippen LogP contribution is 2.39. The van der Waals surface area contributed by atoms with Crippen LogP contribution in [0.5, 0.6) is 0 Å². The second kappa shape index (κ2) is 7.41. The van der Waals surface area contributed by atoms with Crippen molar-refractivity contribution >= 4 is 12.4 Å². The molecule has 1 unspecified atom stereocenters. The standard InChI is InChI=1S/C15H20N2O3.CH2O2/c1-9-2-5-13(14(19)16-9)15(20)17-11-3-4-12(17)7-10(6-11)8-18;2-1-3/h2,5,10-12,18H,3-4,6-8H2,1H3,(H,16,19);1H,(H,2,3)/t10?,11-,12+;. The van der Waals surface area contributed by atoms with Gasteiger partial charge in [-0.1, -0.05) is 0 Å². The topological polar surface area (TPSA) is 111 Å². The first-order chi connectivity index (χ1) is 11.0. The molecule has 0 aromatic carbocycles. The van der Waals surface area contributed by atoms with Crippen LogP contribution in [0.1, 0.15) is 41.7 Å². The van der Waals surface area contributed by atoms with Crippen molar-refractivity contribution in [3.63, 3.8) is 0 Å². The summed E-state index contributed by atoms with van der Waals surface area (Å²) in [6, 6.07) is 3.74. The summed E-state index contributed by atoms with van der Waals surface area (Å²) in [7, 11) is 0. The van der Waals surface area contributed by atoms with E-state index in [1.807, 2.05) is 4.90 Å². The molecule has 23 heavy (non-hydrogen) atoms. The largest absolute Gasteiger partial charge is 0.483 e. The summed E-state index contributed by atoms with van der Waals surface area (Å²) in [4.78, 5) is 37.5. The van der Waals surface area contributed by atoms with Crippen LogP contribution in [0.2, 0.25) is 0 Å². The highest BCUT2D eigenvalue weighted by molar-refractivity contribution is 5.94. The lowest BCUT2D eigenvalue weighted by Gasteiger charge is -2.38. The monoisotopic (exact) mass is 322 g/mol. The minimum absolute atomic E-state index is 0.157. The molecule has 2 fully saturated rings. The van der Waals surface area contributed by atoms with E-state index in [1.165, 1.54) is 0 Å². The van der Waals surface area contributed by atoms with E-state index in [0.29, 0.717) is 5.92 Å². The fourth-order valence-electron chi connectivity index (χ4n) is 3.65. The number of amides is 1. The van der Waals surface area contributed by atoms with Gasteiger partial charge in [-0.15, -0.1) is 0 Å². The molecular formula is C16H22N2O5. The van der Waals surface area contributed by atoms with Crippen molar-refractivity contribution in [1.29, 1.82) is 0 Å². The number of carbonyl (C=O) groups is 2. The Hall–Kier alpha value is -2.15. The van der Waals surface area contributed by atoms with Crippen LogP contribution < -0.4 is 5.56 Å². The van der Waals surface area contributed by atoms with E-state index < -0.39 is 0 Å². The fourth-order valence-corrected chi connectivity index (χ4v) is 3.65. The molecule has 7 nitrogen and oxygen atoms in total. The van der Waals surface area contributed by atoms with Crippen molar-refractivity contribution in [1.82, 2.24) is 9.88 Å². The second-order valence-electron chi connectivity index (χ2n) is 6.11. The second-order valence-corrected chi connectivity index (χ2v) is 6.11. The molecule has 3 heterocycles. The van der Waals surface area contributed by atoms with Crippen LogP contribution in [-0.2, 0) is 4.79 Å². The van der Waals surface area contributed by atoms with E-state index in [0.717, 1.165) is 31.4 Å². The number of aliphatic hydroxyl groups is 1. The Balaban J connectivity index is 0.000000595. The molecule has 1 amide bonds. The molecule has 2 bridgehead atoms. The number of rotatable bonds is 2. The number of aryl methyl sites for hydroxylation is 1. The van der Waals surface area contributed by atoms with Crippen LogP contribution in [0, 0.1) is 12.8 Å². The van der Waals surface area contributed by atoms with Gasteiger partial charge in [0.2, 0.25) is 0 Å². The maximum Gasteiger partial charge on any atom is 0.290 e. The third-order valence-electron chi connectivity index (χ3n) is 4.61. The smallest absolute Gasteiger partial charge is 0.290 e. The number of carbonyl (C=O) groups excluding carboxylic acids is 1. The minimum Gasteiger partial charge on any atom is -0.483 e. The number of aliphatic hydroxyl groups excluding tert-OH is 1. The van der Waals surface area contributed by atoms with Crippen LogP contribution in [-0.4, -0.2) is 51.2 Å². The molecule has 2 aliphatic rings. The summed E-state index contributed by atoms with van der Waals surface area (Å²) >= 11 is 0. The maximum atomic E-state index is 12.6. The first-order valence-electron chi connectivity index (χ1n) is 7.73. The summed E-state index contributed by atoms with van der Waals surface area (Å²) in [5, 5.41) is 16.2. The molecule has 1 aromatic heterocycles. The molecule has 2 saturated heterocycles. The average molecular weight is 322 g/mol. The molecule has 3 N–H and O–H groups in total. The lowest BCUT2D eigenvalue weighted by atomic mass is 9.91. The predicted octanol–water partition coefficient (Wildman–Crippen LogP) is 0.760. The van der Waals surface area contributed by atoms with Crippen molar-refractivity contribution in [2.75, 3.05) is 6.61 Å². The van der Waals surface area contributed by atoms with E-state index >= 15 is 0 Å². The number of carboxylic acid groups (broad SMARTS) is 1. The van der Waals surface area contributed by atoms with E-state index in [1.54, 1.807) is 19.1 Å². The molecule has 0 saturated carbocycles. The van der Waals surface area contributed by atoms with Gasteiger partial charge in [-0.3, -0.25) is 14.4 Å². The van der Waals surface area contributed by atoms with Crippen molar-refractivity contribution in [2.24, 2.45) is 5.92 Å². The Bertz CT molecular complexity index is 613. The summed E-state index contributed by atoms with van der Waals surface area (Å²) in [6.07, 6.45) is 3.67. The Morgan fingerprint density at radius 3 is 2.39 bits per heavy atom. The van der Waals surface area contributed by atoms with Gasteiger partial charge in [0.15, 0.2) is 0 Å². The molecule has 3 rings (SSSR count). The quantitative estimate of drug-likeness (QED) is 0.696. The normalized spacial score (nSPS) is 25.5. The maximum absolute atomic E-state index is 12.6. The Morgan fingerprint density at radius 2 is 1.91 bits per heavy atom. The van der Waals surface area contributed by atoms with Gasteiger partial charge in [-0.25, -0.2) is 0 Å². The van der Waals surface area contributed by atoms with Crippen LogP contribution >= 0.6 is 0 Å². The van der Waals surface area contributed by atoms with Crippen LogP contribution in [0.4, 0.5) is 0 Å². The summed E-state index contributed by atoms with van der Waals surface area (Å²) in [5.41, 5.74) is 0.683. The molecule has 0 spiro atoms. The summed E-state index contributed by atoms with van der Waals surface area (Å²) in [5.74, 6) is 0.142. The number of aromatic nitrogens is 1. The molecule has 2 aliphatic heterocycles. The van der Waals surface area contributed by atoms with Crippen LogP contribution in [0.15, 0.2) is 16.9 Å². The van der Waals surface area contributed by atoms with Gasteiger partial charge in [-0.2, -0.15) is 0 Å². The minimum atomic E-state index is -0.307. The van der Waals surface area contributed by atoms with E-state index in [-0.39, 0.29) is 42.2 Å². The molecule has 0 aliphatic carbocycles. The highest BCUT2D eigenvalue weighted by Gasteiger charge is 2.43. The number of hydrogen-bond acceptors (Lipinski definition) is 4. The van der Waals surface area contributed by atoms with Crippen molar-refractivity contribution in [3.8, 4) is 0 Å². The molecule has 1 aromatic rings. The van der Waals surface area contributed by atoms with Crippen LogP contribution in [0.3, 0.4) is 0 Å². The zero-order valence-electron chi connectivity index (χ0n) is 13.1. The number of aromatic amines is 1. The molecule has 126 valence electrons. The summed E-state index contributed by atoms with van der Waals surface area (Å²) < 4.78 is 0. The SMILES string of the molecule is Cc1ccc(C(=O)N2[C@@H]3CC[C@H]2CC(CO)C3)c(=O)[nH]1.O=CO. The first-order valence-corrected chi connectivity index (χ1v) is 7.73. The highest BCUT2D eigenvalue weighted by atomic mass is 16.3. The van der Waals surface area contributed by atoms with Gasteiger partial charge in [0.25, 0.3) is 17.9 Å². The van der Waals surface area contributed by atoms with Gasteiger partial charge in [0, 0.05) is 24.4 Å². The Morgan fingerprint density at radius 1 is 1.35 bits per heavy atom. The summed E-state index contributed by atoms with van der Waals surface area (Å²) in [6.45, 7) is 1.74. The number of piperidine rings is 1. The van der Waals surface area contributed by atoms with E-state index in [9.17, 15) is 14.7 Å². The number of fused-ring (bicyclic) bond motifs is 2. The predicted molar refractivity (Wildman–Crippen MR) is 83.3 cm³/mol. The number of nitrogens with zero attached hydrogens (tertiary/aromatic N) is 1. The van der Waals surface area contributed by atoms with Gasteiger partial charge < -0.3 is 20.1 Å². The number of H-pyrrole nitrogens is 1. The lowest BCUT2D eigenvalue weighted by Crippen LogP contribution is -2.48. The number of nitrogens with one attached hydrogen (secondary N) is 1. The fraction of sp³-hybridized carbons (Fsp3) is 0.562. The van der Waals surface area contributed by atoms with Crippen LogP contribution in [0.25, 0.3) is 0 Å². The van der Waals surface area contributed by atoms with E-state index in [2.05, 4.69) is 4.98 Å². The third kappa shape index (κ3) is 3.61. The Labute approximate surface area is 133 Å². The van der Waals surface area contributed by atoms with Crippen molar-refractivity contribution in [2.45, 2.75) is 44.7 Å². The average Bonchev–Trinajstić information content (AvgIpc) is 2.77. The first kappa shape index (κ1) is 17.2. The zero-order chi connectivity index (χ0) is 17.0. The Kier molecular flexibility index (Phi) is 5.54. The molecule has 3 atom stereocenters.